The van der Waals surface area contributed by atoms with Gasteiger partial charge in [0.05, 0.1) is 17.7 Å². The van der Waals surface area contributed by atoms with Crippen LogP contribution in [0.1, 0.15) is 22.3 Å². The number of carbonyl (C=O) groups is 3. The number of urea groups is 1. The summed E-state index contributed by atoms with van der Waals surface area (Å²) in [5, 5.41) is 13.0. The summed E-state index contributed by atoms with van der Waals surface area (Å²) in [7, 11) is 1.45. The van der Waals surface area contributed by atoms with Crippen LogP contribution in [0.25, 0.3) is 6.08 Å². The van der Waals surface area contributed by atoms with E-state index in [-0.39, 0.29) is 17.9 Å². The number of rotatable bonds is 7. The summed E-state index contributed by atoms with van der Waals surface area (Å²) in [5.74, 6) is -0.791. The number of hydrogen-bond acceptors (Lipinski definition) is 7. The molecule has 3 aromatic rings. The molecule has 188 valence electrons. The van der Waals surface area contributed by atoms with E-state index >= 15 is 0 Å². The topological polar surface area (TPSA) is 128 Å². The van der Waals surface area contributed by atoms with Crippen molar-refractivity contribution >= 4 is 35.3 Å². The van der Waals surface area contributed by atoms with Gasteiger partial charge >= 0.3 is 6.03 Å². The number of benzene rings is 3. The molecule has 1 heterocycles. The first-order valence-electron chi connectivity index (χ1n) is 11.2. The molecule has 0 saturated carbocycles. The molecule has 1 saturated heterocycles. The molecule has 0 radical (unpaired) electrons. The summed E-state index contributed by atoms with van der Waals surface area (Å²) in [6, 6.07) is 15.3. The van der Waals surface area contributed by atoms with E-state index in [0.717, 1.165) is 21.6 Å². The molecule has 0 aromatic heterocycles. The number of ether oxygens (including phenoxy) is 2. The Morgan fingerprint density at radius 3 is 2.24 bits per heavy atom. The van der Waals surface area contributed by atoms with E-state index in [1.54, 1.807) is 42.5 Å². The third-order valence-corrected chi connectivity index (χ3v) is 5.61. The van der Waals surface area contributed by atoms with Crippen LogP contribution in [-0.4, -0.2) is 29.9 Å². The number of anilines is 1. The van der Waals surface area contributed by atoms with Crippen molar-refractivity contribution in [3.05, 3.63) is 98.6 Å². The van der Waals surface area contributed by atoms with Gasteiger partial charge < -0.3 is 9.47 Å². The first-order chi connectivity index (χ1) is 17.7. The molecule has 0 atom stereocenters. The summed E-state index contributed by atoms with van der Waals surface area (Å²) >= 11 is 0. The number of nitrogens with zero attached hydrogens (tertiary/aromatic N) is 2. The Bertz CT molecular complexity index is 1420. The zero-order valence-electron chi connectivity index (χ0n) is 20.3. The quantitative estimate of drug-likeness (QED) is 0.219. The van der Waals surface area contributed by atoms with Crippen molar-refractivity contribution < 1.29 is 28.8 Å². The van der Waals surface area contributed by atoms with Crippen LogP contribution >= 0.6 is 0 Å². The van der Waals surface area contributed by atoms with Crippen molar-refractivity contribution in [1.29, 1.82) is 0 Å². The van der Waals surface area contributed by atoms with Crippen LogP contribution in [0.5, 0.6) is 11.5 Å². The Kier molecular flexibility index (Phi) is 7.01. The second-order valence-corrected chi connectivity index (χ2v) is 8.43. The van der Waals surface area contributed by atoms with Gasteiger partial charge in [0.2, 0.25) is 0 Å². The summed E-state index contributed by atoms with van der Waals surface area (Å²) in [6.45, 7) is 3.84. The van der Waals surface area contributed by atoms with Crippen molar-refractivity contribution in [1.82, 2.24) is 5.32 Å². The molecule has 4 amide bonds. The fraction of sp³-hybridized carbons (Fsp3) is 0.148. The molecular weight excluding hydrogens is 478 g/mol. The molecule has 4 rings (SSSR count). The molecule has 1 aliphatic heterocycles. The number of amides is 4. The number of nitro benzene ring substituents is 1. The lowest BCUT2D eigenvalue weighted by atomic mass is 10.0. The van der Waals surface area contributed by atoms with Crippen molar-refractivity contribution in [3.63, 3.8) is 0 Å². The number of methoxy groups -OCH3 is 1. The maximum absolute atomic E-state index is 13.2. The number of barbiturate groups is 1. The maximum atomic E-state index is 13.2. The lowest BCUT2D eigenvalue weighted by molar-refractivity contribution is -0.384. The summed E-state index contributed by atoms with van der Waals surface area (Å²) in [6.07, 6.45) is 1.38. The lowest BCUT2D eigenvalue weighted by Gasteiger charge is -2.27. The average molecular weight is 501 g/mol. The molecule has 0 bridgehead atoms. The Hall–Kier alpha value is -4.99. The van der Waals surface area contributed by atoms with Crippen LogP contribution in [0, 0.1) is 24.0 Å². The molecule has 0 unspecified atom stereocenters. The van der Waals surface area contributed by atoms with Gasteiger partial charge in [-0.1, -0.05) is 12.1 Å². The lowest BCUT2D eigenvalue weighted by Crippen LogP contribution is -2.54. The normalized spacial score (nSPS) is 14.5. The smallest absolute Gasteiger partial charge is 0.335 e. The maximum Gasteiger partial charge on any atom is 0.335 e. The molecule has 3 aromatic carbocycles. The molecule has 10 nitrogen and oxygen atoms in total. The number of hydrogen-bond donors (Lipinski definition) is 1. The van der Waals surface area contributed by atoms with Crippen molar-refractivity contribution in [2.24, 2.45) is 0 Å². The van der Waals surface area contributed by atoms with E-state index in [4.69, 9.17) is 9.47 Å². The Labute approximate surface area is 212 Å². The number of non-ortho nitro benzene ring substituents is 1. The zero-order chi connectivity index (χ0) is 26.7. The van der Waals surface area contributed by atoms with Gasteiger partial charge in [-0.05, 0) is 78.6 Å². The van der Waals surface area contributed by atoms with Crippen LogP contribution in [0.3, 0.4) is 0 Å². The van der Waals surface area contributed by atoms with Crippen LogP contribution in [0.2, 0.25) is 0 Å². The highest BCUT2D eigenvalue weighted by Gasteiger charge is 2.37. The molecular formula is C27H23N3O7. The van der Waals surface area contributed by atoms with E-state index < -0.39 is 22.8 Å². The van der Waals surface area contributed by atoms with Crippen LogP contribution < -0.4 is 19.7 Å². The second-order valence-electron chi connectivity index (χ2n) is 8.43. The zero-order valence-corrected chi connectivity index (χ0v) is 20.3. The minimum atomic E-state index is -0.815. The highest BCUT2D eigenvalue weighted by Crippen LogP contribution is 2.31. The molecule has 10 heteroatoms. The van der Waals surface area contributed by atoms with Gasteiger partial charge in [0.15, 0.2) is 11.5 Å². The molecule has 1 N–H and O–H groups in total. The summed E-state index contributed by atoms with van der Waals surface area (Å²) < 4.78 is 11.2. The third kappa shape index (κ3) is 5.48. The number of carbonyl (C=O) groups excluding carboxylic acids is 3. The highest BCUT2D eigenvalue weighted by molar-refractivity contribution is 6.39. The third-order valence-electron chi connectivity index (χ3n) is 5.61. The van der Waals surface area contributed by atoms with Gasteiger partial charge in [-0.3, -0.25) is 25.0 Å². The highest BCUT2D eigenvalue weighted by atomic mass is 16.6. The van der Waals surface area contributed by atoms with E-state index in [9.17, 15) is 24.5 Å². The fourth-order valence-electron chi connectivity index (χ4n) is 3.91. The van der Waals surface area contributed by atoms with E-state index in [2.05, 4.69) is 5.32 Å². The molecule has 1 aliphatic rings. The van der Waals surface area contributed by atoms with Crippen LogP contribution in [0.15, 0.2) is 66.2 Å². The minimum Gasteiger partial charge on any atom is -0.493 e. The molecule has 0 aliphatic carbocycles. The second kappa shape index (κ2) is 10.3. The summed E-state index contributed by atoms with van der Waals surface area (Å²) in [5.41, 5.74) is 3.08. The van der Waals surface area contributed by atoms with Gasteiger partial charge in [0.25, 0.3) is 17.5 Å². The predicted octanol–water partition coefficient (Wildman–Crippen LogP) is 4.47. The molecule has 1 fully saturated rings. The first kappa shape index (κ1) is 25.1. The van der Waals surface area contributed by atoms with E-state index in [1.807, 2.05) is 19.9 Å². The number of nitro groups is 1. The Balaban J connectivity index is 1.57. The van der Waals surface area contributed by atoms with Gasteiger partial charge in [0.1, 0.15) is 12.2 Å². The largest absolute Gasteiger partial charge is 0.493 e. The summed E-state index contributed by atoms with van der Waals surface area (Å²) in [4.78, 5) is 49.5. The molecule has 37 heavy (non-hydrogen) atoms. The van der Waals surface area contributed by atoms with Crippen LogP contribution in [-0.2, 0) is 16.2 Å². The van der Waals surface area contributed by atoms with Crippen molar-refractivity contribution in [2.45, 2.75) is 20.5 Å². The monoisotopic (exact) mass is 501 g/mol. The predicted molar refractivity (Wildman–Crippen MR) is 135 cm³/mol. The fourth-order valence-corrected chi connectivity index (χ4v) is 3.91. The number of aryl methyl sites for hydroxylation is 2. The van der Waals surface area contributed by atoms with Gasteiger partial charge in [0, 0.05) is 12.1 Å². The number of imide groups is 2. The minimum absolute atomic E-state index is 0.0159. The Morgan fingerprint density at radius 2 is 1.62 bits per heavy atom. The first-order valence-corrected chi connectivity index (χ1v) is 11.2. The Morgan fingerprint density at radius 1 is 0.946 bits per heavy atom. The SMILES string of the molecule is COc1cc(C=C2C(=O)NC(=O)N(c3cc(C)cc(C)c3)C2=O)ccc1OCc1ccc([N+](=O)[O-])cc1. The molecule has 0 spiro atoms. The average Bonchev–Trinajstić information content (AvgIpc) is 2.85. The van der Waals surface area contributed by atoms with E-state index in [0.29, 0.717) is 22.7 Å². The van der Waals surface area contributed by atoms with Crippen molar-refractivity contribution in [3.8, 4) is 11.5 Å². The standard InChI is InChI=1S/C27H23N3O7/c1-16-10-17(2)12-21(11-16)29-26(32)22(25(31)28-27(29)33)13-19-6-9-23(24(14-19)36-3)37-15-18-4-7-20(8-5-18)30(34)35/h4-14H,15H2,1-3H3,(H,28,31,33). The van der Waals surface area contributed by atoms with Crippen molar-refractivity contribution in [2.75, 3.05) is 12.0 Å². The van der Waals surface area contributed by atoms with Crippen LogP contribution in [0.4, 0.5) is 16.2 Å². The van der Waals surface area contributed by atoms with Gasteiger partial charge in [-0.25, -0.2) is 9.69 Å². The number of nitrogens with one attached hydrogen (secondary N) is 1. The van der Waals surface area contributed by atoms with Gasteiger partial charge in [-0.15, -0.1) is 0 Å². The van der Waals surface area contributed by atoms with E-state index in [1.165, 1.54) is 25.3 Å². The van der Waals surface area contributed by atoms with Gasteiger partial charge in [-0.2, -0.15) is 0 Å².